The molecule has 0 atom stereocenters. The number of ketones is 1. The molecule has 0 radical (unpaired) electrons. The fraction of sp³-hybridized carbons (Fsp3) is 0.312. The van der Waals surface area contributed by atoms with Crippen LogP contribution in [0.1, 0.15) is 27.3 Å². The molecule has 2 aromatic rings. The summed E-state index contributed by atoms with van der Waals surface area (Å²) in [6, 6.07) is 6.03. The maximum atomic E-state index is 12.8. The lowest BCUT2D eigenvalue weighted by Gasteiger charge is -2.05. The largest absolute Gasteiger partial charge is 0.349 e. The quantitative estimate of drug-likeness (QED) is 0.675. The van der Waals surface area contributed by atoms with E-state index in [-0.39, 0.29) is 5.82 Å². The van der Waals surface area contributed by atoms with Crippen LogP contribution in [-0.2, 0) is 18.3 Å². The molecule has 6 heteroatoms. The van der Waals surface area contributed by atoms with Gasteiger partial charge in [-0.15, -0.1) is 0 Å². The van der Waals surface area contributed by atoms with Gasteiger partial charge in [-0.05, 0) is 38.0 Å². The van der Waals surface area contributed by atoms with E-state index in [0.717, 1.165) is 5.56 Å². The Kier molecular flexibility index (Phi) is 4.70. The molecule has 0 fully saturated rings. The molecular formula is C16H18FN3O2. The highest BCUT2D eigenvalue weighted by Crippen LogP contribution is 2.12. The number of aromatic nitrogens is 2. The van der Waals surface area contributed by atoms with E-state index in [9.17, 15) is 14.0 Å². The van der Waals surface area contributed by atoms with Gasteiger partial charge in [-0.3, -0.25) is 14.3 Å². The van der Waals surface area contributed by atoms with Crippen LogP contribution in [0.15, 0.2) is 24.3 Å². The lowest BCUT2D eigenvalue weighted by atomic mass is 10.1. The van der Waals surface area contributed by atoms with Crippen LogP contribution in [-0.4, -0.2) is 28.0 Å². The lowest BCUT2D eigenvalue weighted by molar-refractivity contribution is -0.116. The van der Waals surface area contributed by atoms with Gasteiger partial charge in [0.15, 0.2) is 0 Å². The molecule has 0 saturated carbocycles. The first kappa shape index (κ1) is 15.9. The van der Waals surface area contributed by atoms with Crippen LogP contribution < -0.4 is 5.32 Å². The van der Waals surface area contributed by atoms with Crippen LogP contribution in [0.5, 0.6) is 0 Å². The summed E-state index contributed by atoms with van der Waals surface area (Å²) in [6.07, 6.45) is 0.532. The molecule has 116 valence electrons. The van der Waals surface area contributed by atoms with Crippen molar-refractivity contribution < 1.29 is 14.0 Å². The van der Waals surface area contributed by atoms with Gasteiger partial charge in [-0.1, -0.05) is 12.1 Å². The SMILES string of the molecule is Cc1nn(C)c(C)c1C(=O)C(=O)NCCc1ccc(F)cc1. The molecule has 1 aromatic heterocycles. The fourth-order valence-corrected chi connectivity index (χ4v) is 2.27. The smallest absolute Gasteiger partial charge is 0.292 e. The Morgan fingerprint density at radius 2 is 1.86 bits per heavy atom. The number of amides is 1. The van der Waals surface area contributed by atoms with Crippen LogP contribution in [0.3, 0.4) is 0 Å². The fourth-order valence-electron chi connectivity index (χ4n) is 2.27. The van der Waals surface area contributed by atoms with Crippen molar-refractivity contribution in [1.82, 2.24) is 15.1 Å². The van der Waals surface area contributed by atoms with Gasteiger partial charge in [0.2, 0.25) is 0 Å². The number of rotatable bonds is 5. The third kappa shape index (κ3) is 3.39. The maximum absolute atomic E-state index is 12.8. The summed E-state index contributed by atoms with van der Waals surface area (Å²) >= 11 is 0. The third-order valence-corrected chi connectivity index (χ3v) is 3.55. The summed E-state index contributed by atoms with van der Waals surface area (Å²) in [5, 5.41) is 6.72. The van der Waals surface area contributed by atoms with Crippen LogP contribution in [0.4, 0.5) is 4.39 Å². The second-order valence-corrected chi connectivity index (χ2v) is 5.13. The molecule has 0 aliphatic rings. The molecule has 0 unspecified atom stereocenters. The number of nitrogens with zero attached hydrogens (tertiary/aromatic N) is 2. The van der Waals surface area contributed by atoms with Gasteiger partial charge in [-0.2, -0.15) is 5.10 Å². The number of benzene rings is 1. The highest BCUT2D eigenvalue weighted by atomic mass is 19.1. The highest BCUT2D eigenvalue weighted by Gasteiger charge is 2.23. The average molecular weight is 303 g/mol. The predicted octanol–water partition coefficient (Wildman–Crippen LogP) is 1.72. The van der Waals surface area contributed by atoms with Crippen molar-refractivity contribution in [1.29, 1.82) is 0 Å². The monoisotopic (exact) mass is 303 g/mol. The molecular weight excluding hydrogens is 285 g/mol. The predicted molar refractivity (Wildman–Crippen MR) is 80.1 cm³/mol. The summed E-state index contributed by atoms with van der Waals surface area (Å²) in [5.41, 5.74) is 2.44. The topological polar surface area (TPSA) is 64.0 Å². The molecule has 1 heterocycles. The Bertz CT molecular complexity index is 705. The lowest BCUT2D eigenvalue weighted by Crippen LogP contribution is -2.33. The van der Waals surface area contributed by atoms with E-state index >= 15 is 0 Å². The number of halogens is 1. The van der Waals surface area contributed by atoms with E-state index in [1.54, 1.807) is 37.7 Å². The van der Waals surface area contributed by atoms with Gasteiger partial charge in [0, 0.05) is 19.3 Å². The second kappa shape index (κ2) is 6.51. The van der Waals surface area contributed by atoms with Crippen molar-refractivity contribution in [2.45, 2.75) is 20.3 Å². The van der Waals surface area contributed by atoms with Gasteiger partial charge in [0.25, 0.3) is 11.7 Å². The molecule has 0 bridgehead atoms. The number of aryl methyl sites for hydroxylation is 2. The highest BCUT2D eigenvalue weighted by molar-refractivity contribution is 6.43. The average Bonchev–Trinajstić information content (AvgIpc) is 2.73. The number of carbonyl (C=O) groups is 2. The minimum atomic E-state index is -0.652. The maximum Gasteiger partial charge on any atom is 0.292 e. The van der Waals surface area contributed by atoms with Crippen molar-refractivity contribution in [3.8, 4) is 0 Å². The van der Waals surface area contributed by atoms with Gasteiger partial charge in [-0.25, -0.2) is 4.39 Å². The standard InChI is InChI=1S/C16H18FN3O2/c1-10-14(11(2)20(3)19-10)15(21)16(22)18-9-8-12-4-6-13(17)7-5-12/h4-7H,8-9H2,1-3H3,(H,18,22). The normalized spacial score (nSPS) is 10.5. The minimum absolute atomic E-state index is 0.300. The Labute approximate surface area is 128 Å². The van der Waals surface area contributed by atoms with Crippen molar-refractivity contribution >= 4 is 11.7 Å². The summed E-state index contributed by atoms with van der Waals surface area (Å²) < 4.78 is 14.4. The Morgan fingerprint density at radius 3 is 2.41 bits per heavy atom. The van der Waals surface area contributed by atoms with Gasteiger partial charge in [0.1, 0.15) is 5.82 Å². The van der Waals surface area contributed by atoms with Gasteiger partial charge in [0.05, 0.1) is 11.3 Å². The van der Waals surface area contributed by atoms with Crippen molar-refractivity contribution in [3.05, 3.63) is 52.6 Å². The van der Waals surface area contributed by atoms with Crippen molar-refractivity contribution in [2.75, 3.05) is 6.54 Å². The molecule has 1 N–H and O–H groups in total. The first-order chi connectivity index (χ1) is 10.4. The van der Waals surface area contributed by atoms with Gasteiger partial charge >= 0.3 is 0 Å². The number of Topliss-reactive ketones (excluding diaryl/α,β-unsaturated/α-hetero) is 1. The zero-order chi connectivity index (χ0) is 16.3. The number of hydrogen-bond donors (Lipinski definition) is 1. The van der Waals surface area contributed by atoms with Crippen LogP contribution >= 0.6 is 0 Å². The molecule has 2 rings (SSSR count). The Hall–Kier alpha value is -2.50. The second-order valence-electron chi connectivity index (χ2n) is 5.13. The molecule has 0 spiro atoms. The summed E-state index contributed by atoms with van der Waals surface area (Å²) in [6.45, 7) is 3.76. The van der Waals surface area contributed by atoms with E-state index < -0.39 is 11.7 Å². The Balaban J connectivity index is 1.94. The third-order valence-electron chi connectivity index (χ3n) is 3.55. The number of nitrogens with one attached hydrogen (secondary N) is 1. The van der Waals surface area contributed by atoms with Crippen molar-refractivity contribution in [3.63, 3.8) is 0 Å². The van der Waals surface area contributed by atoms with Crippen molar-refractivity contribution in [2.24, 2.45) is 7.05 Å². The molecule has 0 saturated heterocycles. The van der Waals surface area contributed by atoms with E-state index in [4.69, 9.17) is 0 Å². The van der Waals surface area contributed by atoms with E-state index in [1.165, 1.54) is 12.1 Å². The summed E-state index contributed by atoms with van der Waals surface area (Å²) in [4.78, 5) is 24.1. The molecule has 1 amide bonds. The van der Waals surface area contributed by atoms with Crippen LogP contribution in [0.25, 0.3) is 0 Å². The number of carbonyl (C=O) groups excluding carboxylic acids is 2. The molecule has 5 nitrogen and oxygen atoms in total. The zero-order valence-corrected chi connectivity index (χ0v) is 12.8. The summed E-state index contributed by atoms with van der Waals surface area (Å²) in [5.74, 6) is -1.53. The zero-order valence-electron chi connectivity index (χ0n) is 12.8. The minimum Gasteiger partial charge on any atom is -0.349 e. The Morgan fingerprint density at radius 1 is 1.23 bits per heavy atom. The summed E-state index contributed by atoms with van der Waals surface area (Å²) in [7, 11) is 1.73. The first-order valence-electron chi connectivity index (χ1n) is 6.97. The molecule has 1 aromatic carbocycles. The molecule has 22 heavy (non-hydrogen) atoms. The number of hydrogen-bond acceptors (Lipinski definition) is 3. The molecule has 0 aliphatic heterocycles. The van der Waals surface area contributed by atoms with Gasteiger partial charge < -0.3 is 5.32 Å². The van der Waals surface area contributed by atoms with E-state index in [0.29, 0.717) is 29.9 Å². The first-order valence-corrected chi connectivity index (χ1v) is 6.97. The van der Waals surface area contributed by atoms with Crippen LogP contribution in [0.2, 0.25) is 0 Å². The van der Waals surface area contributed by atoms with E-state index in [2.05, 4.69) is 10.4 Å². The van der Waals surface area contributed by atoms with Crippen LogP contribution in [0, 0.1) is 19.7 Å². The molecule has 0 aliphatic carbocycles. The van der Waals surface area contributed by atoms with E-state index in [1.807, 2.05) is 0 Å².